The number of likely N-dealkylation sites (tertiary alicyclic amines) is 1. The summed E-state index contributed by atoms with van der Waals surface area (Å²) in [6.07, 6.45) is -0.228. The largest absolute Gasteiger partial charge is 0.444 e. The maximum Gasteiger partial charge on any atom is 0.410 e. The predicted octanol–water partition coefficient (Wildman–Crippen LogP) is 3.63. The van der Waals surface area contributed by atoms with Crippen LogP contribution in [0.25, 0.3) is 0 Å². The summed E-state index contributed by atoms with van der Waals surface area (Å²) in [7, 11) is 0. The van der Waals surface area contributed by atoms with Gasteiger partial charge in [-0.25, -0.2) is 4.79 Å². The van der Waals surface area contributed by atoms with E-state index in [1.165, 1.54) is 9.13 Å². The Balaban J connectivity index is 1.82. The maximum atomic E-state index is 11.8. The highest BCUT2D eigenvalue weighted by Crippen LogP contribution is 2.21. The first-order valence-electron chi connectivity index (χ1n) is 6.75. The molecule has 0 unspecified atom stereocenters. The van der Waals surface area contributed by atoms with Gasteiger partial charge >= 0.3 is 6.09 Å². The zero-order valence-corrected chi connectivity index (χ0v) is 14.5. The summed E-state index contributed by atoms with van der Waals surface area (Å²) in [5.74, 6) is 0. The zero-order chi connectivity index (χ0) is 14.9. The molecule has 1 aliphatic heterocycles. The Bertz CT molecular complexity index is 505. The highest BCUT2D eigenvalue weighted by Gasteiger charge is 2.33. The lowest BCUT2D eigenvalue weighted by molar-refractivity contribution is 0.0105. The minimum Gasteiger partial charge on any atom is -0.444 e. The van der Waals surface area contributed by atoms with Gasteiger partial charge in [-0.2, -0.15) is 0 Å². The third-order valence-electron chi connectivity index (χ3n) is 3.08. The van der Waals surface area contributed by atoms with E-state index in [1.54, 1.807) is 4.90 Å². The van der Waals surface area contributed by atoms with Crippen LogP contribution in [0.4, 0.5) is 10.5 Å². The molecule has 1 heterocycles. The lowest BCUT2D eigenvalue weighted by Crippen LogP contribution is -2.57. The van der Waals surface area contributed by atoms with Crippen LogP contribution in [-0.2, 0) is 4.74 Å². The fourth-order valence-electron chi connectivity index (χ4n) is 1.96. The van der Waals surface area contributed by atoms with Crippen LogP contribution >= 0.6 is 22.6 Å². The van der Waals surface area contributed by atoms with Gasteiger partial charge in [-0.1, -0.05) is 6.07 Å². The average Bonchev–Trinajstić information content (AvgIpc) is 2.25. The molecule has 0 spiro atoms. The van der Waals surface area contributed by atoms with Crippen LogP contribution in [-0.4, -0.2) is 35.7 Å². The van der Waals surface area contributed by atoms with Crippen molar-refractivity contribution in [3.05, 3.63) is 27.3 Å². The summed E-state index contributed by atoms with van der Waals surface area (Å²) < 4.78 is 6.58. The van der Waals surface area contributed by atoms with Crippen LogP contribution in [0.5, 0.6) is 0 Å². The summed E-state index contributed by atoms with van der Waals surface area (Å²) in [5.41, 5.74) is 1.96. The molecular formula is C15H21IN2O2. The summed E-state index contributed by atoms with van der Waals surface area (Å²) in [6.45, 7) is 9.13. The molecule has 20 heavy (non-hydrogen) atoms. The Kier molecular flexibility index (Phi) is 4.46. The summed E-state index contributed by atoms with van der Waals surface area (Å²) in [4.78, 5) is 13.5. The van der Waals surface area contributed by atoms with Crippen LogP contribution in [0.15, 0.2) is 18.2 Å². The number of ether oxygens (including phenoxy) is 1. The maximum absolute atomic E-state index is 11.8. The van der Waals surface area contributed by atoms with E-state index in [-0.39, 0.29) is 6.09 Å². The van der Waals surface area contributed by atoms with Gasteiger partial charge in [0.25, 0.3) is 0 Å². The summed E-state index contributed by atoms with van der Waals surface area (Å²) in [5, 5.41) is 3.44. The number of nitrogens with zero attached hydrogens (tertiary/aromatic N) is 1. The number of nitrogens with one attached hydrogen (secondary N) is 1. The molecule has 1 saturated heterocycles. The number of carbonyl (C=O) groups is 1. The van der Waals surface area contributed by atoms with Gasteiger partial charge in [0.2, 0.25) is 0 Å². The van der Waals surface area contributed by atoms with Gasteiger partial charge in [-0.05, 0) is 68.0 Å². The van der Waals surface area contributed by atoms with Crippen LogP contribution in [0.2, 0.25) is 0 Å². The Morgan fingerprint density at radius 3 is 2.60 bits per heavy atom. The van der Waals surface area contributed by atoms with Gasteiger partial charge in [-0.3, -0.25) is 0 Å². The number of hydrogen-bond donors (Lipinski definition) is 1. The lowest BCUT2D eigenvalue weighted by atomic mass is 10.1. The Morgan fingerprint density at radius 1 is 1.40 bits per heavy atom. The van der Waals surface area contributed by atoms with Gasteiger partial charge in [0.1, 0.15) is 5.60 Å². The van der Waals surface area contributed by atoms with Crippen molar-refractivity contribution in [3.63, 3.8) is 0 Å². The first-order valence-corrected chi connectivity index (χ1v) is 7.83. The van der Waals surface area contributed by atoms with E-state index >= 15 is 0 Å². The number of hydrogen-bond acceptors (Lipinski definition) is 3. The van der Waals surface area contributed by atoms with Crippen molar-refractivity contribution in [3.8, 4) is 0 Å². The smallest absolute Gasteiger partial charge is 0.410 e. The monoisotopic (exact) mass is 388 g/mol. The molecule has 1 aromatic rings. The molecule has 1 N–H and O–H groups in total. The van der Waals surface area contributed by atoms with Crippen molar-refractivity contribution in [2.75, 3.05) is 18.4 Å². The number of amides is 1. The van der Waals surface area contributed by atoms with Gasteiger partial charge in [0, 0.05) is 22.3 Å². The van der Waals surface area contributed by atoms with Gasteiger partial charge in [-0.15, -0.1) is 0 Å². The highest BCUT2D eigenvalue weighted by molar-refractivity contribution is 14.1. The summed E-state index contributed by atoms with van der Waals surface area (Å²) in [6, 6.07) is 6.62. The van der Waals surface area contributed by atoms with Crippen molar-refractivity contribution < 1.29 is 9.53 Å². The zero-order valence-electron chi connectivity index (χ0n) is 12.4. The predicted molar refractivity (Wildman–Crippen MR) is 89.1 cm³/mol. The molecular weight excluding hydrogens is 367 g/mol. The standard InChI is InChI=1S/C15H21IN2O2/c1-10-5-6-11(7-13(10)16)17-12-8-18(9-12)14(19)20-15(2,3)4/h5-7,12,17H,8-9H2,1-4H3. The van der Waals surface area contributed by atoms with E-state index < -0.39 is 5.60 Å². The minimum absolute atomic E-state index is 0.228. The first-order chi connectivity index (χ1) is 9.24. The third kappa shape index (κ3) is 4.01. The van der Waals surface area contributed by atoms with Crippen LogP contribution in [0.1, 0.15) is 26.3 Å². The molecule has 1 aliphatic rings. The van der Waals surface area contributed by atoms with Crippen molar-refractivity contribution >= 4 is 34.4 Å². The van der Waals surface area contributed by atoms with E-state index in [2.05, 4.69) is 53.0 Å². The number of halogens is 1. The van der Waals surface area contributed by atoms with Gasteiger partial charge in [0.05, 0.1) is 6.04 Å². The molecule has 0 atom stereocenters. The fourth-order valence-corrected chi connectivity index (χ4v) is 2.48. The minimum atomic E-state index is -0.428. The molecule has 0 radical (unpaired) electrons. The molecule has 4 nitrogen and oxygen atoms in total. The second kappa shape index (κ2) is 5.79. The molecule has 0 bridgehead atoms. The SMILES string of the molecule is Cc1ccc(NC2CN(C(=O)OC(C)(C)C)C2)cc1I. The Morgan fingerprint density at radius 2 is 2.05 bits per heavy atom. The van der Waals surface area contributed by atoms with Crippen molar-refractivity contribution in [2.24, 2.45) is 0 Å². The van der Waals surface area contributed by atoms with E-state index in [1.807, 2.05) is 20.8 Å². The topological polar surface area (TPSA) is 41.6 Å². The number of anilines is 1. The van der Waals surface area contributed by atoms with E-state index in [0.717, 1.165) is 5.69 Å². The second-order valence-electron chi connectivity index (χ2n) is 6.19. The van der Waals surface area contributed by atoms with Crippen LogP contribution < -0.4 is 5.32 Å². The third-order valence-corrected chi connectivity index (χ3v) is 4.24. The van der Waals surface area contributed by atoms with Crippen molar-refractivity contribution in [1.82, 2.24) is 4.90 Å². The summed E-state index contributed by atoms with van der Waals surface area (Å²) >= 11 is 2.33. The molecule has 1 fully saturated rings. The number of aryl methyl sites for hydroxylation is 1. The molecule has 1 amide bonds. The molecule has 1 aromatic carbocycles. The van der Waals surface area contributed by atoms with Crippen molar-refractivity contribution in [1.29, 1.82) is 0 Å². The first kappa shape index (κ1) is 15.4. The second-order valence-corrected chi connectivity index (χ2v) is 7.35. The highest BCUT2D eigenvalue weighted by atomic mass is 127. The van der Waals surface area contributed by atoms with Gasteiger partial charge < -0.3 is 15.0 Å². The molecule has 5 heteroatoms. The van der Waals surface area contributed by atoms with E-state index in [4.69, 9.17) is 4.74 Å². The molecule has 110 valence electrons. The Labute approximate surface area is 134 Å². The Hall–Kier alpha value is -0.980. The van der Waals surface area contributed by atoms with Crippen LogP contribution in [0.3, 0.4) is 0 Å². The fraction of sp³-hybridized carbons (Fsp3) is 0.533. The van der Waals surface area contributed by atoms with Crippen LogP contribution in [0, 0.1) is 10.5 Å². The average molecular weight is 388 g/mol. The van der Waals surface area contributed by atoms with Crippen molar-refractivity contribution in [2.45, 2.75) is 39.3 Å². The normalized spacial score (nSPS) is 15.8. The number of benzene rings is 1. The molecule has 2 rings (SSSR count). The van der Waals surface area contributed by atoms with Gasteiger partial charge in [0.15, 0.2) is 0 Å². The number of carbonyl (C=O) groups excluding carboxylic acids is 1. The molecule has 0 saturated carbocycles. The quantitative estimate of drug-likeness (QED) is 0.787. The lowest BCUT2D eigenvalue weighted by Gasteiger charge is -2.40. The molecule has 0 aliphatic carbocycles. The van der Waals surface area contributed by atoms with E-state index in [0.29, 0.717) is 19.1 Å². The number of rotatable bonds is 2. The van der Waals surface area contributed by atoms with E-state index in [9.17, 15) is 4.79 Å². The molecule has 0 aromatic heterocycles.